The summed E-state index contributed by atoms with van der Waals surface area (Å²) in [5, 5.41) is 4.74. The van der Waals surface area contributed by atoms with Gasteiger partial charge in [-0.15, -0.1) is 0 Å². The third-order valence-corrected chi connectivity index (χ3v) is 6.21. The first-order valence-corrected chi connectivity index (χ1v) is 12.0. The van der Waals surface area contributed by atoms with Crippen LogP contribution < -0.4 is 15.5 Å². The molecule has 188 valence electrons. The van der Waals surface area contributed by atoms with Crippen LogP contribution in [0.5, 0.6) is 0 Å². The van der Waals surface area contributed by atoms with Crippen molar-refractivity contribution in [2.24, 2.45) is 0 Å². The number of pyridine rings is 1. The summed E-state index contributed by atoms with van der Waals surface area (Å²) < 4.78 is 40.3. The number of amides is 3. The minimum atomic E-state index is -4.58. The highest BCUT2D eigenvalue weighted by molar-refractivity contribution is 9.10. The fourth-order valence-corrected chi connectivity index (χ4v) is 4.16. The fourth-order valence-electron chi connectivity index (χ4n) is 3.90. The number of hydrogen-bond donors (Lipinski definition) is 2. The Bertz CT molecular complexity index is 1220. The van der Waals surface area contributed by atoms with Crippen molar-refractivity contribution in [1.82, 2.24) is 9.88 Å². The first kappa shape index (κ1) is 25.5. The summed E-state index contributed by atoms with van der Waals surface area (Å²) in [6.07, 6.45) is -2.37. The van der Waals surface area contributed by atoms with Crippen molar-refractivity contribution in [3.8, 4) is 0 Å². The molecule has 2 heterocycles. The molecule has 2 aromatic carbocycles. The van der Waals surface area contributed by atoms with Crippen LogP contribution in [-0.4, -0.2) is 48.0 Å². The molecule has 0 saturated carbocycles. The zero-order chi connectivity index (χ0) is 25.7. The van der Waals surface area contributed by atoms with Crippen LogP contribution in [-0.2, 0) is 6.18 Å². The molecule has 1 aliphatic heterocycles. The standard InChI is InChI=1S/C25H23BrF3N5O2/c26-18-8-6-17(7-9-18)23(35)34-13-3-12-33(14-15-34)22-11-10-19(16-30-22)31-24(36)32-21-5-2-1-4-20(21)25(27,28)29/h1-2,4-11,16H,3,12-15H2,(H2,31,32,36). The fraction of sp³-hybridized carbons (Fsp3) is 0.240. The van der Waals surface area contributed by atoms with Gasteiger partial charge >= 0.3 is 12.2 Å². The van der Waals surface area contributed by atoms with Crippen LogP contribution in [0.4, 0.5) is 35.2 Å². The molecule has 1 aliphatic rings. The number of aromatic nitrogens is 1. The van der Waals surface area contributed by atoms with Crippen molar-refractivity contribution in [3.05, 3.63) is 82.5 Å². The second kappa shape index (κ2) is 11.0. The van der Waals surface area contributed by atoms with Crippen LogP contribution in [0.15, 0.2) is 71.3 Å². The lowest BCUT2D eigenvalue weighted by molar-refractivity contribution is -0.136. The number of urea groups is 1. The van der Waals surface area contributed by atoms with Gasteiger partial charge in [0.25, 0.3) is 5.91 Å². The molecule has 3 aromatic rings. The Kier molecular flexibility index (Phi) is 7.78. The molecule has 11 heteroatoms. The Hall–Kier alpha value is -3.60. The SMILES string of the molecule is O=C(Nc1ccc(N2CCCN(C(=O)c3ccc(Br)cc3)CC2)nc1)Nc1ccccc1C(F)(F)F. The molecule has 0 radical (unpaired) electrons. The second-order valence-electron chi connectivity index (χ2n) is 8.17. The van der Waals surface area contributed by atoms with Crippen LogP contribution in [0, 0.1) is 0 Å². The van der Waals surface area contributed by atoms with Gasteiger partial charge < -0.3 is 20.4 Å². The molecule has 7 nitrogen and oxygen atoms in total. The van der Waals surface area contributed by atoms with Crippen LogP contribution in [0.3, 0.4) is 0 Å². The molecule has 0 spiro atoms. The van der Waals surface area contributed by atoms with E-state index in [2.05, 4.69) is 36.4 Å². The van der Waals surface area contributed by atoms with Gasteiger partial charge in [0.2, 0.25) is 0 Å². The molecule has 0 bridgehead atoms. The predicted octanol–water partition coefficient (Wildman–Crippen LogP) is 5.86. The molecule has 0 atom stereocenters. The number of para-hydroxylation sites is 1. The first-order chi connectivity index (χ1) is 17.2. The number of nitrogens with one attached hydrogen (secondary N) is 2. The monoisotopic (exact) mass is 561 g/mol. The van der Waals surface area contributed by atoms with Gasteiger partial charge in [0.1, 0.15) is 5.82 Å². The van der Waals surface area contributed by atoms with Crippen LogP contribution >= 0.6 is 15.9 Å². The second-order valence-corrected chi connectivity index (χ2v) is 9.08. The van der Waals surface area contributed by atoms with E-state index in [1.54, 1.807) is 24.3 Å². The van der Waals surface area contributed by atoms with E-state index in [0.29, 0.717) is 43.2 Å². The zero-order valence-corrected chi connectivity index (χ0v) is 20.6. The number of alkyl halides is 3. The highest BCUT2D eigenvalue weighted by atomic mass is 79.9. The van der Waals surface area contributed by atoms with Gasteiger partial charge in [0.05, 0.1) is 23.1 Å². The van der Waals surface area contributed by atoms with E-state index in [9.17, 15) is 22.8 Å². The summed E-state index contributed by atoms with van der Waals surface area (Å²) in [4.78, 5) is 33.4. The molecular weight excluding hydrogens is 539 g/mol. The number of nitrogens with zero attached hydrogens (tertiary/aromatic N) is 3. The van der Waals surface area contributed by atoms with Gasteiger partial charge in [-0.2, -0.15) is 13.2 Å². The van der Waals surface area contributed by atoms with Crippen molar-refractivity contribution in [1.29, 1.82) is 0 Å². The average Bonchev–Trinajstić information content (AvgIpc) is 3.11. The van der Waals surface area contributed by atoms with E-state index < -0.39 is 17.8 Å². The third kappa shape index (κ3) is 6.34. The summed E-state index contributed by atoms with van der Waals surface area (Å²) in [5.74, 6) is 0.663. The third-order valence-electron chi connectivity index (χ3n) is 5.68. The highest BCUT2D eigenvalue weighted by Gasteiger charge is 2.33. The van der Waals surface area contributed by atoms with Crippen molar-refractivity contribution in [2.75, 3.05) is 41.7 Å². The van der Waals surface area contributed by atoms with Gasteiger partial charge in [-0.3, -0.25) is 4.79 Å². The van der Waals surface area contributed by atoms with Gasteiger partial charge in [0, 0.05) is 36.2 Å². The summed E-state index contributed by atoms with van der Waals surface area (Å²) in [6.45, 7) is 2.47. The lowest BCUT2D eigenvalue weighted by atomic mass is 10.1. The number of hydrogen-bond acceptors (Lipinski definition) is 4. The Morgan fingerprint density at radius 3 is 2.33 bits per heavy atom. The molecule has 4 rings (SSSR count). The van der Waals surface area contributed by atoms with E-state index >= 15 is 0 Å². The van der Waals surface area contributed by atoms with Gasteiger partial charge in [-0.1, -0.05) is 28.1 Å². The number of benzene rings is 2. The largest absolute Gasteiger partial charge is 0.418 e. The van der Waals surface area contributed by atoms with Gasteiger partial charge in [-0.05, 0) is 55.0 Å². The van der Waals surface area contributed by atoms with Crippen LogP contribution in [0.1, 0.15) is 22.3 Å². The summed E-state index contributed by atoms with van der Waals surface area (Å²) in [5.41, 5.74) is -0.291. The number of halogens is 4. The Morgan fingerprint density at radius 1 is 0.889 bits per heavy atom. The molecule has 0 unspecified atom stereocenters. The number of rotatable bonds is 4. The summed E-state index contributed by atoms with van der Waals surface area (Å²) in [6, 6.07) is 14.6. The molecule has 0 aliphatic carbocycles. The minimum absolute atomic E-state index is 0.0185. The number of carbonyl (C=O) groups is 2. The molecule has 1 saturated heterocycles. The maximum absolute atomic E-state index is 13.1. The maximum Gasteiger partial charge on any atom is 0.418 e. The quantitative estimate of drug-likeness (QED) is 0.418. The number of anilines is 3. The maximum atomic E-state index is 13.1. The normalized spacial score (nSPS) is 14.2. The average molecular weight is 562 g/mol. The Labute approximate surface area is 214 Å². The topological polar surface area (TPSA) is 77.6 Å². The Balaban J connectivity index is 1.34. The van der Waals surface area contributed by atoms with Gasteiger partial charge in [0.15, 0.2) is 0 Å². The lowest BCUT2D eigenvalue weighted by Gasteiger charge is -2.23. The van der Waals surface area contributed by atoms with E-state index in [4.69, 9.17) is 0 Å². The van der Waals surface area contributed by atoms with E-state index in [0.717, 1.165) is 17.0 Å². The highest BCUT2D eigenvalue weighted by Crippen LogP contribution is 2.34. The molecule has 2 N–H and O–H groups in total. The van der Waals surface area contributed by atoms with Crippen molar-refractivity contribution in [2.45, 2.75) is 12.6 Å². The summed E-state index contributed by atoms with van der Waals surface area (Å²) in [7, 11) is 0. The van der Waals surface area contributed by atoms with Gasteiger partial charge in [-0.25, -0.2) is 9.78 Å². The predicted molar refractivity (Wildman–Crippen MR) is 135 cm³/mol. The van der Waals surface area contributed by atoms with E-state index in [1.807, 2.05) is 17.0 Å². The van der Waals surface area contributed by atoms with Crippen molar-refractivity contribution < 1.29 is 22.8 Å². The molecular formula is C25H23BrF3N5O2. The molecule has 36 heavy (non-hydrogen) atoms. The van der Waals surface area contributed by atoms with Crippen LogP contribution in [0.25, 0.3) is 0 Å². The molecule has 1 fully saturated rings. The van der Waals surface area contributed by atoms with E-state index in [-0.39, 0.29) is 11.6 Å². The first-order valence-electron chi connectivity index (χ1n) is 11.2. The van der Waals surface area contributed by atoms with Crippen LogP contribution in [0.2, 0.25) is 0 Å². The Morgan fingerprint density at radius 2 is 1.64 bits per heavy atom. The molecule has 1 aromatic heterocycles. The number of carbonyl (C=O) groups excluding carboxylic acids is 2. The lowest BCUT2D eigenvalue weighted by Crippen LogP contribution is -2.35. The van der Waals surface area contributed by atoms with E-state index in [1.165, 1.54) is 24.4 Å². The smallest absolute Gasteiger partial charge is 0.355 e. The summed E-state index contributed by atoms with van der Waals surface area (Å²) >= 11 is 3.37. The van der Waals surface area contributed by atoms with Crippen molar-refractivity contribution >= 4 is 45.1 Å². The minimum Gasteiger partial charge on any atom is -0.355 e. The van der Waals surface area contributed by atoms with Crippen molar-refractivity contribution in [3.63, 3.8) is 0 Å². The molecule has 3 amide bonds. The zero-order valence-electron chi connectivity index (χ0n) is 19.1.